The molecule has 1 saturated heterocycles. The number of hydrogen-bond donors (Lipinski definition) is 0. The van der Waals surface area contributed by atoms with Gasteiger partial charge in [0.25, 0.3) is 0 Å². The van der Waals surface area contributed by atoms with Crippen molar-refractivity contribution in [2.45, 2.75) is 31.9 Å². The van der Waals surface area contributed by atoms with E-state index in [1.807, 2.05) is 0 Å². The Kier molecular flexibility index (Phi) is 5.01. The Hall–Kier alpha value is -0.380. The molecular formula is C14H20BrNO. The van der Waals surface area contributed by atoms with Crippen molar-refractivity contribution < 1.29 is 4.74 Å². The molecule has 17 heavy (non-hydrogen) atoms. The lowest BCUT2D eigenvalue weighted by Crippen LogP contribution is -2.33. The summed E-state index contributed by atoms with van der Waals surface area (Å²) < 4.78 is 6.89. The van der Waals surface area contributed by atoms with E-state index in [2.05, 4.69) is 52.1 Å². The summed E-state index contributed by atoms with van der Waals surface area (Å²) >= 11 is 3.46. The van der Waals surface area contributed by atoms with Crippen molar-refractivity contribution in [2.75, 3.05) is 20.2 Å². The van der Waals surface area contributed by atoms with E-state index in [-0.39, 0.29) is 0 Å². The highest BCUT2D eigenvalue weighted by Crippen LogP contribution is 2.15. The molecular weight excluding hydrogens is 278 g/mol. The van der Waals surface area contributed by atoms with Gasteiger partial charge in [0.15, 0.2) is 0 Å². The van der Waals surface area contributed by atoms with Crippen molar-refractivity contribution in [3.05, 3.63) is 34.3 Å². The normalized spacial score (nSPS) is 20.8. The van der Waals surface area contributed by atoms with E-state index < -0.39 is 0 Å². The van der Waals surface area contributed by atoms with Crippen LogP contribution < -0.4 is 0 Å². The van der Waals surface area contributed by atoms with Crippen molar-refractivity contribution in [2.24, 2.45) is 0 Å². The number of rotatable bonds is 4. The van der Waals surface area contributed by atoms with Gasteiger partial charge in [-0.3, -0.25) is 4.90 Å². The van der Waals surface area contributed by atoms with E-state index in [0.717, 1.165) is 24.2 Å². The summed E-state index contributed by atoms with van der Waals surface area (Å²) in [5.74, 6) is 0. The maximum atomic E-state index is 5.76. The minimum absolute atomic E-state index is 0.434. The Bertz CT molecular complexity index is 333. The molecule has 94 valence electrons. The predicted molar refractivity (Wildman–Crippen MR) is 74.1 cm³/mol. The predicted octanol–water partition coefficient (Wildman–Crippen LogP) is 3.45. The Labute approximate surface area is 112 Å². The van der Waals surface area contributed by atoms with Gasteiger partial charge in [-0.1, -0.05) is 28.1 Å². The van der Waals surface area contributed by atoms with Crippen LogP contribution in [0.5, 0.6) is 0 Å². The van der Waals surface area contributed by atoms with Crippen LogP contribution in [0.2, 0.25) is 0 Å². The number of nitrogens with zero attached hydrogens (tertiary/aromatic N) is 1. The van der Waals surface area contributed by atoms with Gasteiger partial charge in [-0.15, -0.1) is 0 Å². The van der Waals surface area contributed by atoms with Crippen molar-refractivity contribution in [1.82, 2.24) is 4.90 Å². The molecule has 1 fully saturated rings. The second-order valence-corrected chi connectivity index (χ2v) is 5.73. The van der Waals surface area contributed by atoms with Crippen LogP contribution in [0.1, 0.15) is 24.8 Å². The lowest BCUT2D eigenvalue weighted by atomic mass is 10.1. The molecule has 0 saturated carbocycles. The summed E-state index contributed by atoms with van der Waals surface area (Å²) in [6.07, 6.45) is 4.19. The third-order valence-corrected chi connectivity index (χ3v) is 3.68. The molecule has 1 atom stereocenters. The molecule has 0 aromatic heterocycles. The first kappa shape index (κ1) is 13.1. The molecule has 0 N–H and O–H groups in total. The van der Waals surface area contributed by atoms with Gasteiger partial charge in [0, 0.05) is 24.2 Å². The lowest BCUT2D eigenvalue weighted by molar-refractivity contribution is -0.00259. The van der Waals surface area contributed by atoms with Gasteiger partial charge in [0.2, 0.25) is 0 Å². The molecule has 0 spiro atoms. The van der Waals surface area contributed by atoms with Crippen molar-refractivity contribution >= 4 is 15.9 Å². The van der Waals surface area contributed by atoms with Gasteiger partial charge in [-0.2, -0.15) is 0 Å². The minimum Gasteiger partial charge on any atom is -0.377 e. The third kappa shape index (κ3) is 4.41. The molecule has 1 aromatic carbocycles. The van der Waals surface area contributed by atoms with E-state index in [9.17, 15) is 0 Å². The van der Waals surface area contributed by atoms with Crippen LogP contribution in [0.4, 0.5) is 0 Å². The first-order valence-electron chi connectivity index (χ1n) is 6.28. The van der Waals surface area contributed by atoms with Crippen LogP contribution in [0.25, 0.3) is 0 Å². The Balaban J connectivity index is 1.79. The molecule has 0 bridgehead atoms. The van der Waals surface area contributed by atoms with Crippen LogP contribution in [-0.4, -0.2) is 31.2 Å². The van der Waals surface area contributed by atoms with Crippen LogP contribution >= 0.6 is 15.9 Å². The number of likely N-dealkylation sites (N-methyl/N-ethyl adjacent to an activating group) is 1. The first-order chi connectivity index (χ1) is 8.24. The Morgan fingerprint density at radius 2 is 2.06 bits per heavy atom. The van der Waals surface area contributed by atoms with E-state index in [0.29, 0.717) is 6.10 Å². The van der Waals surface area contributed by atoms with Crippen LogP contribution in [-0.2, 0) is 11.3 Å². The van der Waals surface area contributed by atoms with Crippen molar-refractivity contribution in [3.8, 4) is 0 Å². The fourth-order valence-corrected chi connectivity index (χ4v) is 2.53. The summed E-state index contributed by atoms with van der Waals surface area (Å²) in [5.41, 5.74) is 1.35. The fraction of sp³-hybridized carbons (Fsp3) is 0.571. The maximum Gasteiger partial charge on any atom is 0.0702 e. The zero-order chi connectivity index (χ0) is 12.1. The number of ether oxygens (including phenoxy) is 1. The summed E-state index contributed by atoms with van der Waals surface area (Å²) in [5, 5.41) is 0. The molecule has 3 heteroatoms. The molecule has 2 rings (SSSR count). The third-order valence-electron chi connectivity index (χ3n) is 3.16. The Morgan fingerprint density at radius 1 is 1.29 bits per heavy atom. The monoisotopic (exact) mass is 297 g/mol. The second-order valence-electron chi connectivity index (χ2n) is 4.81. The van der Waals surface area contributed by atoms with Gasteiger partial charge in [-0.25, -0.2) is 0 Å². The minimum atomic E-state index is 0.434. The molecule has 1 heterocycles. The molecule has 0 aliphatic carbocycles. The average Bonchev–Trinajstić information content (AvgIpc) is 2.33. The molecule has 0 amide bonds. The Morgan fingerprint density at radius 3 is 2.71 bits per heavy atom. The average molecular weight is 298 g/mol. The summed E-state index contributed by atoms with van der Waals surface area (Å²) in [4.78, 5) is 2.35. The summed E-state index contributed by atoms with van der Waals surface area (Å²) in [7, 11) is 2.17. The van der Waals surface area contributed by atoms with E-state index >= 15 is 0 Å². The summed E-state index contributed by atoms with van der Waals surface area (Å²) in [6, 6.07) is 8.53. The first-order valence-corrected chi connectivity index (χ1v) is 7.08. The number of halogens is 1. The highest BCUT2D eigenvalue weighted by molar-refractivity contribution is 9.10. The van der Waals surface area contributed by atoms with E-state index in [1.54, 1.807) is 0 Å². The highest BCUT2D eigenvalue weighted by atomic mass is 79.9. The number of hydrogen-bond acceptors (Lipinski definition) is 2. The quantitative estimate of drug-likeness (QED) is 0.844. The van der Waals surface area contributed by atoms with Gasteiger partial charge in [0.05, 0.1) is 6.10 Å². The lowest BCUT2D eigenvalue weighted by Gasteiger charge is -2.27. The molecule has 0 radical (unpaired) electrons. The summed E-state index contributed by atoms with van der Waals surface area (Å²) in [6.45, 7) is 2.97. The van der Waals surface area contributed by atoms with Gasteiger partial charge in [-0.05, 0) is 44.0 Å². The smallest absolute Gasteiger partial charge is 0.0702 e. The standard InChI is InChI=1S/C14H20BrNO/c1-16(11-14-4-2-3-9-17-14)10-12-5-7-13(15)8-6-12/h5-8,14H,2-4,9-11H2,1H3. The van der Waals surface area contributed by atoms with Crippen LogP contribution in [0.15, 0.2) is 28.7 Å². The zero-order valence-corrected chi connectivity index (χ0v) is 11.9. The van der Waals surface area contributed by atoms with Crippen LogP contribution in [0.3, 0.4) is 0 Å². The molecule has 1 aliphatic heterocycles. The number of benzene rings is 1. The maximum absolute atomic E-state index is 5.76. The van der Waals surface area contributed by atoms with Gasteiger partial charge in [0.1, 0.15) is 0 Å². The van der Waals surface area contributed by atoms with Gasteiger partial charge >= 0.3 is 0 Å². The molecule has 1 unspecified atom stereocenters. The molecule has 1 aromatic rings. The topological polar surface area (TPSA) is 12.5 Å². The zero-order valence-electron chi connectivity index (χ0n) is 10.4. The van der Waals surface area contributed by atoms with E-state index in [4.69, 9.17) is 4.74 Å². The van der Waals surface area contributed by atoms with Crippen LogP contribution in [0, 0.1) is 0 Å². The SMILES string of the molecule is CN(Cc1ccc(Br)cc1)CC1CCCCO1. The van der Waals surface area contributed by atoms with Crippen molar-refractivity contribution in [1.29, 1.82) is 0 Å². The van der Waals surface area contributed by atoms with E-state index in [1.165, 1.54) is 24.8 Å². The largest absolute Gasteiger partial charge is 0.377 e. The highest BCUT2D eigenvalue weighted by Gasteiger charge is 2.15. The van der Waals surface area contributed by atoms with Crippen molar-refractivity contribution in [3.63, 3.8) is 0 Å². The second kappa shape index (κ2) is 6.53. The molecule has 1 aliphatic rings. The fourth-order valence-electron chi connectivity index (χ4n) is 2.27. The van der Waals surface area contributed by atoms with Gasteiger partial charge < -0.3 is 4.74 Å². The molecule has 2 nitrogen and oxygen atoms in total.